The average Bonchev–Trinajstić information content (AvgIpc) is 3.16. The lowest BCUT2D eigenvalue weighted by atomic mass is 9.96. The number of amides is 1. The normalized spacial score (nSPS) is 12.9. The lowest BCUT2D eigenvalue weighted by Crippen LogP contribution is -2.26. The molecule has 1 N–H and O–H groups in total. The van der Waals surface area contributed by atoms with Crippen LogP contribution in [-0.4, -0.2) is 29.2 Å². The van der Waals surface area contributed by atoms with E-state index in [9.17, 15) is 9.59 Å². The summed E-state index contributed by atoms with van der Waals surface area (Å²) in [4.78, 5) is 25.6. The molecule has 36 heavy (non-hydrogen) atoms. The zero-order valence-corrected chi connectivity index (χ0v) is 21.5. The number of hydrogen-bond acceptors (Lipinski definition) is 3. The van der Waals surface area contributed by atoms with Gasteiger partial charge in [0.2, 0.25) is 0 Å². The molecule has 1 unspecified atom stereocenters. The molecule has 0 spiro atoms. The first kappa shape index (κ1) is 29.9. The molecule has 1 atom stereocenters. The molecule has 3 rings (SSSR count). The maximum Gasteiger partial charge on any atom is 0.258 e. The Morgan fingerprint density at radius 2 is 1.78 bits per heavy atom. The predicted octanol–water partition coefficient (Wildman–Crippen LogP) is 7.79. The van der Waals surface area contributed by atoms with Gasteiger partial charge in [-0.25, -0.2) is 0 Å². The Labute approximate surface area is 216 Å². The summed E-state index contributed by atoms with van der Waals surface area (Å²) in [5.41, 5.74) is 4.16. The third kappa shape index (κ3) is 10.4. The lowest BCUT2D eigenvalue weighted by molar-refractivity contribution is 0.0836. The van der Waals surface area contributed by atoms with E-state index >= 15 is 0 Å². The van der Waals surface area contributed by atoms with Gasteiger partial charge >= 0.3 is 0 Å². The van der Waals surface area contributed by atoms with Gasteiger partial charge < -0.3 is 10.0 Å². The van der Waals surface area contributed by atoms with Crippen molar-refractivity contribution in [2.75, 3.05) is 7.05 Å². The number of aliphatic hydroxyl groups is 1. The van der Waals surface area contributed by atoms with E-state index in [0.29, 0.717) is 17.0 Å². The second-order valence-corrected chi connectivity index (χ2v) is 8.14. The highest BCUT2D eigenvalue weighted by Gasteiger charge is 2.18. The van der Waals surface area contributed by atoms with Crippen LogP contribution in [0.4, 0.5) is 0 Å². The second-order valence-electron chi connectivity index (χ2n) is 8.14. The number of carbonyl (C=O) groups excluding carboxylic acids is 2. The zero-order chi connectivity index (χ0) is 26.8. The molecular formula is C32H37NO3. The van der Waals surface area contributed by atoms with Gasteiger partial charge in [-0.3, -0.25) is 9.59 Å². The Balaban J connectivity index is 0.000000442. The fraction of sp³-hybridized carbons (Fsp3) is 0.188. The van der Waals surface area contributed by atoms with Gasteiger partial charge in [0.05, 0.1) is 11.8 Å². The Morgan fingerprint density at radius 1 is 1.11 bits per heavy atom. The van der Waals surface area contributed by atoms with Crippen LogP contribution >= 0.6 is 0 Å². The topological polar surface area (TPSA) is 57.6 Å². The van der Waals surface area contributed by atoms with E-state index in [4.69, 9.17) is 5.11 Å². The second kappa shape index (κ2) is 17.3. The van der Waals surface area contributed by atoms with Gasteiger partial charge in [0.1, 0.15) is 0 Å². The van der Waals surface area contributed by atoms with Crippen molar-refractivity contribution in [3.8, 4) is 0 Å². The predicted molar refractivity (Wildman–Crippen MR) is 151 cm³/mol. The van der Waals surface area contributed by atoms with Crippen molar-refractivity contribution in [3.63, 3.8) is 0 Å². The molecule has 4 nitrogen and oxygen atoms in total. The van der Waals surface area contributed by atoms with Crippen LogP contribution in [0, 0.1) is 12.8 Å². The molecule has 0 saturated heterocycles. The molecule has 0 aromatic heterocycles. The molecule has 188 valence electrons. The first-order chi connectivity index (χ1) is 17.4. The van der Waals surface area contributed by atoms with Crippen LogP contribution in [-0.2, 0) is 0 Å². The minimum Gasteiger partial charge on any atom is -0.516 e. The van der Waals surface area contributed by atoms with Gasteiger partial charge in [-0.1, -0.05) is 98.0 Å². The van der Waals surface area contributed by atoms with E-state index in [0.717, 1.165) is 31.1 Å². The van der Waals surface area contributed by atoms with Gasteiger partial charge in [0, 0.05) is 18.3 Å². The van der Waals surface area contributed by atoms with Crippen molar-refractivity contribution >= 4 is 12.2 Å². The number of allylic oxidation sites excluding steroid dienone is 8. The molecule has 0 radical (unpaired) electrons. The van der Waals surface area contributed by atoms with Crippen molar-refractivity contribution in [1.29, 1.82) is 0 Å². The summed E-state index contributed by atoms with van der Waals surface area (Å²) in [5, 5.41) is 7.81. The number of nitrogens with zero attached hydrogens (tertiary/aromatic N) is 1. The fourth-order valence-electron chi connectivity index (χ4n) is 3.28. The molecule has 4 heteroatoms. The van der Waals surface area contributed by atoms with Crippen molar-refractivity contribution in [1.82, 2.24) is 4.90 Å². The Kier molecular flexibility index (Phi) is 14.3. The van der Waals surface area contributed by atoms with Crippen molar-refractivity contribution in [2.24, 2.45) is 5.92 Å². The highest BCUT2D eigenvalue weighted by Crippen LogP contribution is 2.24. The minimum absolute atomic E-state index is 0.183. The lowest BCUT2D eigenvalue weighted by Gasteiger charge is -2.21. The van der Waals surface area contributed by atoms with Gasteiger partial charge in [0.15, 0.2) is 6.29 Å². The molecule has 1 aliphatic rings. The van der Waals surface area contributed by atoms with Crippen LogP contribution in [0.25, 0.3) is 0 Å². The van der Waals surface area contributed by atoms with Gasteiger partial charge in [-0.05, 0) is 49.5 Å². The molecule has 2 aromatic rings. The maximum atomic E-state index is 12.8. The highest BCUT2D eigenvalue weighted by molar-refractivity contribution is 6.02. The number of hydrogen-bond donors (Lipinski definition) is 1. The summed E-state index contributed by atoms with van der Waals surface area (Å²) in [7, 11) is 1.74. The van der Waals surface area contributed by atoms with Crippen LogP contribution in [0.5, 0.6) is 0 Å². The number of aldehydes is 1. The highest BCUT2D eigenvalue weighted by atomic mass is 16.2. The first-order valence-electron chi connectivity index (χ1n) is 11.8. The monoisotopic (exact) mass is 483 g/mol. The quantitative estimate of drug-likeness (QED) is 0.189. The SMILES string of the molecule is C=C/C=C/O.C=CCC(C)C1=CC(N(C)C(=O)c2ccccc2C=O)=CCC=C1.Cc1ccccc1. The van der Waals surface area contributed by atoms with E-state index < -0.39 is 0 Å². The van der Waals surface area contributed by atoms with E-state index in [1.165, 1.54) is 23.3 Å². The average molecular weight is 484 g/mol. The van der Waals surface area contributed by atoms with Crippen LogP contribution in [0.15, 0.2) is 128 Å². The largest absolute Gasteiger partial charge is 0.516 e. The fourth-order valence-corrected chi connectivity index (χ4v) is 3.28. The number of likely N-dealkylation sites (N-methyl/N-ethyl adjacent to an activating group) is 1. The Morgan fingerprint density at radius 3 is 2.31 bits per heavy atom. The van der Waals surface area contributed by atoms with E-state index in [2.05, 4.69) is 51.3 Å². The molecule has 2 aromatic carbocycles. The number of benzene rings is 2. The molecule has 0 aliphatic heterocycles. The molecule has 0 bridgehead atoms. The summed E-state index contributed by atoms with van der Waals surface area (Å²) >= 11 is 0. The molecule has 0 saturated carbocycles. The summed E-state index contributed by atoms with van der Waals surface area (Å²) in [6.07, 6.45) is 16.4. The van der Waals surface area contributed by atoms with E-state index in [1.54, 1.807) is 36.2 Å². The minimum atomic E-state index is -0.183. The summed E-state index contributed by atoms with van der Waals surface area (Å²) in [5.74, 6) is 0.156. The van der Waals surface area contributed by atoms with Crippen molar-refractivity contribution < 1.29 is 14.7 Å². The smallest absolute Gasteiger partial charge is 0.258 e. The van der Waals surface area contributed by atoms with E-state index in [-0.39, 0.29) is 5.91 Å². The molecule has 0 heterocycles. The van der Waals surface area contributed by atoms with Gasteiger partial charge in [-0.15, -0.1) is 6.58 Å². The number of aliphatic hydroxyl groups excluding tert-OH is 1. The standard InChI is InChI=1S/C21H23NO2.C7H8.C4H6O/c1-4-9-16(2)17-10-5-7-12-19(14-17)22(3)21(24)20-13-8-6-11-18(20)15-23;1-7-5-3-2-4-6-7;1-2-3-4-5/h4-6,8,10-16H,1,7,9H2,2-3H3;2-6H,1H3;2-5H,1H2/b;;4-3+. The van der Waals surface area contributed by atoms with Crippen LogP contribution in [0.2, 0.25) is 0 Å². The molecule has 0 fully saturated rings. The zero-order valence-electron chi connectivity index (χ0n) is 21.5. The summed E-state index contributed by atoms with van der Waals surface area (Å²) in [6.45, 7) is 11.3. The van der Waals surface area contributed by atoms with E-state index in [1.807, 2.05) is 36.4 Å². The Hall–Kier alpha value is -4.18. The van der Waals surface area contributed by atoms with Crippen molar-refractivity contribution in [2.45, 2.75) is 26.7 Å². The van der Waals surface area contributed by atoms with Crippen LogP contribution < -0.4 is 0 Å². The van der Waals surface area contributed by atoms with Gasteiger partial charge in [0.25, 0.3) is 5.91 Å². The third-order valence-corrected chi connectivity index (χ3v) is 5.35. The Bertz CT molecular complexity index is 1110. The van der Waals surface area contributed by atoms with Crippen LogP contribution in [0.3, 0.4) is 0 Å². The van der Waals surface area contributed by atoms with Crippen molar-refractivity contribution in [3.05, 3.63) is 145 Å². The summed E-state index contributed by atoms with van der Waals surface area (Å²) in [6, 6.07) is 17.1. The molecular weight excluding hydrogens is 446 g/mol. The van der Waals surface area contributed by atoms with Crippen LogP contribution in [0.1, 0.15) is 46.0 Å². The number of aryl methyl sites for hydroxylation is 1. The number of rotatable bonds is 7. The first-order valence-corrected chi connectivity index (χ1v) is 11.8. The third-order valence-electron chi connectivity index (χ3n) is 5.35. The van der Waals surface area contributed by atoms with Gasteiger partial charge in [-0.2, -0.15) is 0 Å². The molecule has 1 aliphatic carbocycles. The summed E-state index contributed by atoms with van der Waals surface area (Å²) < 4.78 is 0. The maximum absolute atomic E-state index is 12.8. The molecule has 1 amide bonds. The number of carbonyl (C=O) groups is 2.